The first-order chi connectivity index (χ1) is 12.7. The van der Waals surface area contributed by atoms with Crippen LogP contribution in [-0.2, 0) is 4.79 Å². The van der Waals surface area contributed by atoms with E-state index in [0.717, 1.165) is 31.2 Å². The first-order valence-electron chi connectivity index (χ1n) is 9.38. The quantitative estimate of drug-likeness (QED) is 0.894. The predicted molar refractivity (Wildman–Crippen MR) is 99.0 cm³/mol. The molecule has 1 amide bonds. The molecule has 4 nitrogen and oxygen atoms in total. The molecule has 4 rings (SSSR count). The molecule has 2 aliphatic rings. The molecule has 4 heteroatoms. The van der Waals surface area contributed by atoms with Gasteiger partial charge < -0.3 is 10.0 Å². The fraction of sp³-hybridized carbons (Fsp3) is 0.364. The Labute approximate surface area is 153 Å². The molecule has 1 N–H and O–H groups in total. The zero-order chi connectivity index (χ0) is 18.1. The molecule has 1 heterocycles. The summed E-state index contributed by atoms with van der Waals surface area (Å²) in [6.07, 6.45) is 5.27. The molecule has 1 fully saturated rings. The number of carbonyl (C=O) groups is 2. The number of nitrogens with zero attached hydrogens (tertiary/aromatic N) is 1. The minimum Gasteiger partial charge on any atom is -0.481 e. The summed E-state index contributed by atoms with van der Waals surface area (Å²) in [4.78, 5) is 27.6. The van der Waals surface area contributed by atoms with Crippen LogP contribution in [0.15, 0.2) is 54.6 Å². The van der Waals surface area contributed by atoms with Crippen molar-refractivity contribution in [3.63, 3.8) is 0 Å². The van der Waals surface area contributed by atoms with Crippen molar-refractivity contribution in [2.45, 2.75) is 50.1 Å². The maximum atomic E-state index is 13.4. The van der Waals surface area contributed by atoms with E-state index in [1.54, 1.807) is 12.1 Å². The smallest absolute Gasteiger partial charge is 0.313 e. The topological polar surface area (TPSA) is 57.6 Å². The van der Waals surface area contributed by atoms with Crippen molar-refractivity contribution in [1.82, 2.24) is 4.90 Å². The lowest BCUT2D eigenvalue weighted by Gasteiger charge is -2.46. The van der Waals surface area contributed by atoms with Crippen molar-refractivity contribution in [2.75, 3.05) is 0 Å². The van der Waals surface area contributed by atoms with Gasteiger partial charge in [-0.15, -0.1) is 0 Å². The van der Waals surface area contributed by atoms with Crippen LogP contribution in [0.3, 0.4) is 0 Å². The highest BCUT2D eigenvalue weighted by molar-refractivity contribution is 6.00. The molecule has 0 unspecified atom stereocenters. The Balaban J connectivity index is 1.89. The minimum absolute atomic E-state index is 0.0288. The van der Waals surface area contributed by atoms with Crippen molar-refractivity contribution in [1.29, 1.82) is 0 Å². The predicted octanol–water partition coefficient (Wildman–Crippen LogP) is 4.38. The van der Waals surface area contributed by atoms with Gasteiger partial charge in [0.25, 0.3) is 5.91 Å². The fourth-order valence-corrected chi connectivity index (χ4v) is 4.58. The summed E-state index contributed by atoms with van der Waals surface area (Å²) in [6, 6.07) is 16.5. The third kappa shape index (κ3) is 2.79. The second-order valence-corrected chi connectivity index (χ2v) is 7.26. The standard InChI is InChI=1S/C22H23NO3/c24-21-18-14-8-7-13-17(18)19(22(25)26)20(15-9-3-1-4-10-15)23(21)16-11-5-2-6-12-16/h1,3-4,7-10,13-14,16,19-20H,2,5-6,11-12H2,(H,25,26)/t19-,20-/m1/s1. The highest BCUT2D eigenvalue weighted by Crippen LogP contribution is 2.45. The van der Waals surface area contributed by atoms with E-state index in [1.807, 2.05) is 47.4 Å². The Hall–Kier alpha value is -2.62. The summed E-state index contributed by atoms with van der Waals surface area (Å²) < 4.78 is 0. The molecule has 1 aliphatic carbocycles. The van der Waals surface area contributed by atoms with Crippen LogP contribution in [0.5, 0.6) is 0 Å². The highest BCUT2D eigenvalue weighted by atomic mass is 16.4. The largest absolute Gasteiger partial charge is 0.481 e. The van der Waals surface area contributed by atoms with E-state index in [9.17, 15) is 14.7 Å². The van der Waals surface area contributed by atoms with Crippen molar-refractivity contribution in [2.24, 2.45) is 0 Å². The number of carboxylic acids is 1. The molecule has 1 saturated carbocycles. The van der Waals surface area contributed by atoms with E-state index >= 15 is 0 Å². The van der Waals surface area contributed by atoms with Gasteiger partial charge in [-0.05, 0) is 30.0 Å². The van der Waals surface area contributed by atoms with E-state index in [-0.39, 0.29) is 11.9 Å². The molecular weight excluding hydrogens is 326 g/mol. The lowest BCUT2D eigenvalue weighted by Crippen LogP contribution is -2.50. The van der Waals surface area contributed by atoms with Crippen molar-refractivity contribution in [3.05, 3.63) is 71.3 Å². The summed E-state index contributed by atoms with van der Waals surface area (Å²) in [5.41, 5.74) is 2.07. The van der Waals surface area contributed by atoms with Gasteiger partial charge in [0.2, 0.25) is 0 Å². The zero-order valence-corrected chi connectivity index (χ0v) is 14.7. The Kier molecular flexibility index (Phi) is 4.49. The molecule has 0 radical (unpaired) electrons. The van der Waals surface area contributed by atoms with Crippen LogP contribution in [-0.4, -0.2) is 27.9 Å². The Morgan fingerprint density at radius 3 is 2.27 bits per heavy atom. The fourth-order valence-electron chi connectivity index (χ4n) is 4.58. The minimum atomic E-state index is -0.875. The summed E-state index contributed by atoms with van der Waals surface area (Å²) >= 11 is 0. The van der Waals surface area contributed by atoms with Gasteiger partial charge in [0.15, 0.2) is 0 Å². The number of carboxylic acid groups (broad SMARTS) is 1. The molecule has 0 aromatic heterocycles. The number of amides is 1. The number of rotatable bonds is 3. The number of hydrogen-bond acceptors (Lipinski definition) is 2. The summed E-state index contributed by atoms with van der Waals surface area (Å²) in [5, 5.41) is 10.1. The molecule has 0 saturated heterocycles. The average molecular weight is 349 g/mol. The molecule has 26 heavy (non-hydrogen) atoms. The van der Waals surface area contributed by atoms with Gasteiger partial charge in [-0.3, -0.25) is 9.59 Å². The zero-order valence-electron chi connectivity index (χ0n) is 14.7. The lowest BCUT2D eigenvalue weighted by atomic mass is 9.77. The monoisotopic (exact) mass is 349 g/mol. The average Bonchev–Trinajstić information content (AvgIpc) is 2.69. The second kappa shape index (κ2) is 6.94. The van der Waals surface area contributed by atoms with Crippen LogP contribution in [0.2, 0.25) is 0 Å². The summed E-state index contributed by atoms with van der Waals surface area (Å²) in [6.45, 7) is 0. The van der Waals surface area contributed by atoms with Gasteiger partial charge >= 0.3 is 5.97 Å². The molecule has 2 aromatic rings. The van der Waals surface area contributed by atoms with Gasteiger partial charge in [0.05, 0.1) is 6.04 Å². The maximum Gasteiger partial charge on any atom is 0.313 e. The van der Waals surface area contributed by atoms with Crippen LogP contribution in [0, 0.1) is 0 Å². The molecule has 2 atom stereocenters. The van der Waals surface area contributed by atoms with E-state index in [2.05, 4.69) is 0 Å². The Bertz CT molecular complexity index is 811. The molecule has 0 bridgehead atoms. The van der Waals surface area contributed by atoms with Crippen molar-refractivity contribution in [3.8, 4) is 0 Å². The van der Waals surface area contributed by atoms with E-state index in [0.29, 0.717) is 11.1 Å². The molecule has 2 aromatic carbocycles. The lowest BCUT2D eigenvalue weighted by molar-refractivity contribution is -0.141. The number of hydrogen-bond donors (Lipinski definition) is 1. The first-order valence-corrected chi connectivity index (χ1v) is 9.38. The van der Waals surface area contributed by atoms with Crippen LogP contribution < -0.4 is 0 Å². The Morgan fingerprint density at radius 1 is 0.923 bits per heavy atom. The maximum absolute atomic E-state index is 13.4. The number of fused-ring (bicyclic) bond motifs is 1. The summed E-state index contributed by atoms with van der Waals surface area (Å²) in [5.74, 6) is -1.65. The Morgan fingerprint density at radius 2 is 1.58 bits per heavy atom. The van der Waals surface area contributed by atoms with Gasteiger partial charge in [0.1, 0.15) is 5.92 Å². The van der Waals surface area contributed by atoms with Gasteiger partial charge in [-0.2, -0.15) is 0 Å². The highest BCUT2D eigenvalue weighted by Gasteiger charge is 2.46. The normalized spacial score (nSPS) is 23.5. The number of aliphatic carboxylic acids is 1. The third-order valence-electron chi connectivity index (χ3n) is 5.75. The van der Waals surface area contributed by atoms with Crippen molar-refractivity contribution < 1.29 is 14.7 Å². The van der Waals surface area contributed by atoms with E-state index in [1.165, 1.54) is 6.42 Å². The van der Waals surface area contributed by atoms with Gasteiger partial charge in [-0.25, -0.2) is 0 Å². The molecule has 1 aliphatic heterocycles. The van der Waals surface area contributed by atoms with E-state index < -0.39 is 17.9 Å². The van der Waals surface area contributed by atoms with Crippen molar-refractivity contribution >= 4 is 11.9 Å². The molecule has 0 spiro atoms. The second-order valence-electron chi connectivity index (χ2n) is 7.26. The molecular formula is C22H23NO3. The summed E-state index contributed by atoms with van der Waals surface area (Å²) in [7, 11) is 0. The van der Waals surface area contributed by atoms with Crippen LogP contribution in [0.25, 0.3) is 0 Å². The third-order valence-corrected chi connectivity index (χ3v) is 5.75. The SMILES string of the molecule is O=C(O)[C@@H]1c2ccccc2C(=O)N(C2CCCCC2)[C@@H]1c1ccccc1. The first kappa shape index (κ1) is 16.8. The van der Waals surface area contributed by atoms with Crippen LogP contribution >= 0.6 is 0 Å². The van der Waals surface area contributed by atoms with Crippen LogP contribution in [0.1, 0.15) is 65.5 Å². The number of benzene rings is 2. The van der Waals surface area contributed by atoms with Gasteiger partial charge in [-0.1, -0.05) is 67.8 Å². The molecule has 134 valence electrons. The van der Waals surface area contributed by atoms with Crippen LogP contribution in [0.4, 0.5) is 0 Å². The number of carbonyl (C=O) groups excluding carboxylic acids is 1. The van der Waals surface area contributed by atoms with E-state index in [4.69, 9.17) is 0 Å². The van der Waals surface area contributed by atoms with Gasteiger partial charge in [0, 0.05) is 11.6 Å².